The third kappa shape index (κ3) is 9.08. The predicted molar refractivity (Wildman–Crippen MR) is 160 cm³/mol. The highest BCUT2D eigenvalue weighted by molar-refractivity contribution is 9.10. The number of hydrogen-bond acceptors (Lipinski definition) is 4. The van der Waals surface area contributed by atoms with Crippen LogP contribution in [0.25, 0.3) is 0 Å². The van der Waals surface area contributed by atoms with Crippen molar-refractivity contribution in [1.29, 1.82) is 0 Å². The molecule has 0 fully saturated rings. The van der Waals surface area contributed by atoms with Crippen LogP contribution in [0.4, 0.5) is 5.69 Å². The summed E-state index contributed by atoms with van der Waals surface area (Å²) in [5.74, 6) is -0.640. The maximum Gasteiger partial charge on any atom is 0.244 e. The van der Waals surface area contributed by atoms with Crippen LogP contribution in [0, 0.1) is 5.92 Å². The molecule has 0 spiro atoms. The summed E-state index contributed by atoms with van der Waals surface area (Å²) in [4.78, 5) is 29.1. The molecule has 2 amide bonds. The van der Waals surface area contributed by atoms with Gasteiger partial charge in [-0.3, -0.25) is 13.9 Å². The average molecular weight is 635 g/mol. The Labute approximate surface area is 244 Å². The first-order valence-corrected chi connectivity index (χ1v) is 15.6. The molecule has 0 bridgehead atoms. The van der Waals surface area contributed by atoms with Gasteiger partial charge in [0.1, 0.15) is 12.6 Å². The van der Waals surface area contributed by atoms with Gasteiger partial charge < -0.3 is 10.2 Å². The number of sulfonamides is 1. The maximum atomic E-state index is 14.0. The van der Waals surface area contributed by atoms with Crippen LogP contribution in [0.2, 0.25) is 5.02 Å². The summed E-state index contributed by atoms with van der Waals surface area (Å²) in [5.41, 5.74) is 1.85. The van der Waals surface area contributed by atoms with Gasteiger partial charge in [0.05, 0.1) is 11.9 Å². The molecule has 0 aliphatic rings. The number of nitrogens with zero attached hydrogens (tertiary/aromatic N) is 2. The monoisotopic (exact) mass is 633 g/mol. The van der Waals surface area contributed by atoms with Crippen molar-refractivity contribution in [2.75, 3.05) is 23.7 Å². The SMILES string of the molecule is CC(C)CNC(=O)C(Cc1ccccc1)N(Cc1ccccc1Cl)C(=O)CN(c1cccc(Br)c1)S(C)(=O)=O. The average Bonchev–Trinajstić information content (AvgIpc) is 2.88. The van der Waals surface area contributed by atoms with Crippen molar-refractivity contribution in [1.82, 2.24) is 10.2 Å². The molecule has 0 saturated carbocycles. The Hall–Kier alpha value is -2.88. The summed E-state index contributed by atoms with van der Waals surface area (Å²) in [6.45, 7) is 3.96. The number of rotatable bonds is 12. The smallest absolute Gasteiger partial charge is 0.244 e. The van der Waals surface area contributed by atoms with E-state index in [4.69, 9.17) is 11.6 Å². The molecule has 7 nitrogen and oxygen atoms in total. The molecule has 0 aliphatic heterocycles. The van der Waals surface area contributed by atoms with E-state index in [0.717, 1.165) is 16.1 Å². The molecule has 3 rings (SSSR count). The van der Waals surface area contributed by atoms with E-state index >= 15 is 0 Å². The fourth-order valence-corrected chi connectivity index (χ4v) is 5.46. The number of carbonyl (C=O) groups is 2. The lowest BCUT2D eigenvalue weighted by atomic mass is 10.0. The fourth-order valence-electron chi connectivity index (χ4n) is 4.03. The second-order valence-electron chi connectivity index (χ2n) is 9.71. The van der Waals surface area contributed by atoms with Crippen LogP contribution in [0.5, 0.6) is 0 Å². The molecule has 0 aromatic heterocycles. The van der Waals surface area contributed by atoms with E-state index in [0.29, 0.717) is 27.3 Å². The van der Waals surface area contributed by atoms with Crippen LogP contribution in [-0.4, -0.2) is 50.5 Å². The van der Waals surface area contributed by atoms with Crippen molar-refractivity contribution in [2.45, 2.75) is 32.9 Å². The zero-order valence-corrected chi connectivity index (χ0v) is 25.3. The van der Waals surface area contributed by atoms with Crippen LogP contribution >= 0.6 is 27.5 Å². The van der Waals surface area contributed by atoms with E-state index in [2.05, 4.69) is 21.2 Å². The number of halogens is 2. The molecular weight excluding hydrogens is 602 g/mol. The molecule has 0 heterocycles. The Kier molecular flexibility index (Phi) is 11.0. The van der Waals surface area contributed by atoms with Gasteiger partial charge in [-0.2, -0.15) is 0 Å². The minimum atomic E-state index is -3.83. The van der Waals surface area contributed by atoms with E-state index in [1.165, 1.54) is 4.90 Å². The van der Waals surface area contributed by atoms with Crippen molar-refractivity contribution in [3.05, 3.63) is 99.5 Å². The largest absolute Gasteiger partial charge is 0.354 e. The van der Waals surface area contributed by atoms with Crippen molar-refractivity contribution in [2.24, 2.45) is 5.92 Å². The van der Waals surface area contributed by atoms with Gasteiger partial charge >= 0.3 is 0 Å². The molecule has 3 aromatic rings. The topological polar surface area (TPSA) is 86.8 Å². The van der Waals surface area contributed by atoms with Gasteiger partial charge in [-0.1, -0.05) is 96.0 Å². The molecule has 10 heteroatoms. The highest BCUT2D eigenvalue weighted by Crippen LogP contribution is 2.24. The quantitative estimate of drug-likeness (QED) is 0.294. The van der Waals surface area contributed by atoms with Crippen LogP contribution in [0.1, 0.15) is 25.0 Å². The van der Waals surface area contributed by atoms with Crippen LogP contribution in [-0.2, 0) is 32.6 Å². The molecular formula is C29H33BrClN3O4S. The Morgan fingerprint density at radius 1 is 0.974 bits per heavy atom. The van der Waals surface area contributed by atoms with Gasteiger partial charge in [-0.15, -0.1) is 0 Å². The lowest BCUT2D eigenvalue weighted by molar-refractivity contribution is -0.140. The third-order valence-electron chi connectivity index (χ3n) is 6.03. The van der Waals surface area contributed by atoms with Gasteiger partial charge in [0.25, 0.3) is 0 Å². The first-order valence-electron chi connectivity index (χ1n) is 12.5. The Bertz CT molecular complexity index is 1390. The van der Waals surface area contributed by atoms with Crippen molar-refractivity contribution in [3.63, 3.8) is 0 Å². The summed E-state index contributed by atoms with van der Waals surface area (Å²) in [5, 5.41) is 3.40. The number of amides is 2. The zero-order valence-electron chi connectivity index (χ0n) is 22.2. The molecule has 1 atom stereocenters. The van der Waals surface area contributed by atoms with Gasteiger partial charge in [0, 0.05) is 29.0 Å². The van der Waals surface area contributed by atoms with E-state index in [1.54, 1.807) is 48.5 Å². The number of benzene rings is 3. The summed E-state index contributed by atoms with van der Waals surface area (Å²) in [6.07, 6.45) is 1.30. The minimum absolute atomic E-state index is 0.0290. The first kappa shape index (κ1) is 30.7. The van der Waals surface area contributed by atoms with E-state index in [-0.39, 0.29) is 24.8 Å². The molecule has 3 aromatic carbocycles. The first-order chi connectivity index (χ1) is 18.5. The lowest BCUT2D eigenvalue weighted by Gasteiger charge is -2.34. The summed E-state index contributed by atoms with van der Waals surface area (Å²) >= 11 is 9.83. The molecule has 0 saturated heterocycles. The van der Waals surface area contributed by atoms with Gasteiger partial charge in [0.2, 0.25) is 21.8 Å². The molecule has 39 heavy (non-hydrogen) atoms. The van der Waals surface area contributed by atoms with Crippen molar-refractivity contribution in [3.8, 4) is 0 Å². The lowest BCUT2D eigenvalue weighted by Crippen LogP contribution is -2.53. The number of carbonyl (C=O) groups excluding carboxylic acids is 2. The van der Waals surface area contributed by atoms with E-state index < -0.39 is 28.5 Å². The summed E-state index contributed by atoms with van der Waals surface area (Å²) in [7, 11) is -3.83. The molecule has 0 aliphatic carbocycles. The molecule has 1 unspecified atom stereocenters. The van der Waals surface area contributed by atoms with Crippen LogP contribution < -0.4 is 9.62 Å². The fraction of sp³-hybridized carbons (Fsp3) is 0.310. The normalized spacial score (nSPS) is 12.2. The minimum Gasteiger partial charge on any atom is -0.354 e. The van der Waals surface area contributed by atoms with Gasteiger partial charge in [-0.25, -0.2) is 8.42 Å². The van der Waals surface area contributed by atoms with Gasteiger partial charge in [-0.05, 0) is 41.3 Å². The van der Waals surface area contributed by atoms with Crippen molar-refractivity contribution < 1.29 is 18.0 Å². The second kappa shape index (κ2) is 14.0. The number of anilines is 1. The molecule has 1 N–H and O–H groups in total. The number of hydrogen-bond donors (Lipinski definition) is 1. The van der Waals surface area contributed by atoms with Crippen molar-refractivity contribution >= 4 is 55.1 Å². The van der Waals surface area contributed by atoms with E-state index in [9.17, 15) is 18.0 Å². The standard InChI is InChI=1S/C29H33BrClN3O4S/c1-21(2)18-32-29(36)27(16-22-10-5-4-6-11-22)33(19-23-12-7-8-15-26(23)31)28(35)20-34(39(3,37)38)25-14-9-13-24(30)17-25/h4-15,17,21,27H,16,18-20H2,1-3H3,(H,32,36). The number of nitrogens with one attached hydrogen (secondary N) is 1. The maximum absolute atomic E-state index is 14.0. The highest BCUT2D eigenvalue weighted by Gasteiger charge is 2.33. The zero-order chi connectivity index (χ0) is 28.6. The third-order valence-corrected chi connectivity index (χ3v) is 8.03. The Balaban J connectivity index is 2.06. The predicted octanol–water partition coefficient (Wildman–Crippen LogP) is 5.28. The molecule has 208 valence electrons. The Morgan fingerprint density at radius 3 is 2.26 bits per heavy atom. The summed E-state index contributed by atoms with van der Waals surface area (Å²) < 4.78 is 27.4. The Morgan fingerprint density at radius 2 is 1.64 bits per heavy atom. The highest BCUT2D eigenvalue weighted by atomic mass is 79.9. The second-order valence-corrected chi connectivity index (χ2v) is 12.9. The summed E-state index contributed by atoms with van der Waals surface area (Å²) in [6, 6.07) is 22.3. The van der Waals surface area contributed by atoms with Gasteiger partial charge in [0.15, 0.2) is 0 Å². The van der Waals surface area contributed by atoms with Crippen LogP contribution in [0.15, 0.2) is 83.3 Å². The molecule has 0 radical (unpaired) electrons. The van der Waals surface area contributed by atoms with E-state index in [1.807, 2.05) is 44.2 Å². The van der Waals surface area contributed by atoms with Crippen LogP contribution in [0.3, 0.4) is 0 Å².